The molecule has 2 bridgehead atoms. The van der Waals surface area contributed by atoms with E-state index < -0.39 is 5.60 Å². The fourth-order valence-electron chi connectivity index (χ4n) is 4.27. The number of amides is 2. The molecule has 0 aromatic heterocycles. The van der Waals surface area contributed by atoms with Gasteiger partial charge in [0.2, 0.25) is 5.91 Å². The first-order chi connectivity index (χ1) is 11.3. The van der Waals surface area contributed by atoms with Crippen molar-refractivity contribution >= 4 is 12.0 Å². The fourth-order valence-corrected chi connectivity index (χ4v) is 4.27. The Morgan fingerprint density at radius 1 is 1.08 bits per heavy atom. The summed E-state index contributed by atoms with van der Waals surface area (Å²) in [7, 11) is 0. The molecule has 0 spiro atoms. The summed E-state index contributed by atoms with van der Waals surface area (Å²) in [5.74, 6) is 0.217. The van der Waals surface area contributed by atoms with Crippen LogP contribution in [0.1, 0.15) is 59.3 Å². The van der Waals surface area contributed by atoms with E-state index >= 15 is 0 Å². The summed E-state index contributed by atoms with van der Waals surface area (Å²) in [6.07, 6.45) is 6.01. The first kappa shape index (κ1) is 17.5. The summed E-state index contributed by atoms with van der Waals surface area (Å²) in [6, 6.07) is 0.823. The molecule has 3 rings (SSSR count). The van der Waals surface area contributed by atoms with E-state index in [2.05, 4.69) is 5.32 Å². The van der Waals surface area contributed by atoms with Crippen molar-refractivity contribution in [2.75, 3.05) is 19.6 Å². The van der Waals surface area contributed by atoms with Crippen molar-refractivity contribution < 1.29 is 14.3 Å². The molecule has 3 saturated heterocycles. The van der Waals surface area contributed by atoms with E-state index in [1.165, 1.54) is 0 Å². The number of likely N-dealkylation sites (tertiary alicyclic amines) is 1. The predicted octanol–water partition coefficient (Wildman–Crippen LogP) is 2.13. The number of hydrogen-bond acceptors (Lipinski definition) is 4. The first-order valence-electron chi connectivity index (χ1n) is 9.36. The number of hydrogen-bond donors (Lipinski definition) is 1. The molecule has 2 unspecified atom stereocenters. The molecular formula is C18H31N3O3. The summed E-state index contributed by atoms with van der Waals surface area (Å²) in [6.45, 7) is 7.96. The normalized spacial score (nSPS) is 29.9. The highest BCUT2D eigenvalue weighted by atomic mass is 16.6. The number of fused-ring (bicyclic) bond motifs is 2. The van der Waals surface area contributed by atoms with Crippen LogP contribution in [0.5, 0.6) is 0 Å². The van der Waals surface area contributed by atoms with Gasteiger partial charge < -0.3 is 19.9 Å². The average Bonchev–Trinajstić information content (AvgIpc) is 3.10. The van der Waals surface area contributed by atoms with Gasteiger partial charge in [-0.15, -0.1) is 0 Å². The van der Waals surface area contributed by atoms with E-state index in [1.54, 1.807) is 0 Å². The van der Waals surface area contributed by atoms with Gasteiger partial charge in [-0.25, -0.2) is 4.79 Å². The minimum atomic E-state index is -0.451. The van der Waals surface area contributed by atoms with E-state index in [0.717, 1.165) is 51.6 Å². The van der Waals surface area contributed by atoms with Crippen molar-refractivity contribution in [3.63, 3.8) is 0 Å². The molecule has 2 atom stereocenters. The molecule has 2 amide bonds. The van der Waals surface area contributed by atoms with Crippen molar-refractivity contribution in [3.05, 3.63) is 0 Å². The van der Waals surface area contributed by atoms with E-state index in [9.17, 15) is 9.59 Å². The van der Waals surface area contributed by atoms with Crippen LogP contribution in [0.2, 0.25) is 0 Å². The Kier molecular flexibility index (Phi) is 5.04. The van der Waals surface area contributed by atoms with Crippen LogP contribution in [0.3, 0.4) is 0 Å². The molecular weight excluding hydrogens is 306 g/mol. The smallest absolute Gasteiger partial charge is 0.410 e. The molecule has 24 heavy (non-hydrogen) atoms. The number of ether oxygens (including phenoxy) is 1. The third kappa shape index (κ3) is 4.02. The predicted molar refractivity (Wildman–Crippen MR) is 91.7 cm³/mol. The molecule has 6 heteroatoms. The zero-order valence-corrected chi connectivity index (χ0v) is 15.2. The van der Waals surface area contributed by atoms with Crippen molar-refractivity contribution in [2.45, 2.75) is 83.0 Å². The zero-order chi connectivity index (χ0) is 17.3. The van der Waals surface area contributed by atoms with Crippen LogP contribution in [0.25, 0.3) is 0 Å². The monoisotopic (exact) mass is 337 g/mol. The molecule has 3 aliphatic rings. The fraction of sp³-hybridized carbons (Fsp3) is 0.889. The third-order valence-corrected chi connectivity index (χ3v) is 5.34. The second-order valence-corrected chi connectivity index (χ2v) is 8.41. The largest absolute Gasteiger partial charge is 0.444 e. The minimum Gasteiger partial charge on any atom is -0.444 e. The molecule has 0 aliphatic carbocycles. The van der Waals surface area contributed by atoms with Gasteiger partial charge in [-0.05, 0) is 59.3 Å². The molecule has 3 heterocycles. The molecule has 136 valence electrons. The summed E-state index contributed by atoms with van der Waals surface area (Å²) in [5, 5.41) is 3.44. The number of carbonyl (C=O) groups is 2. The standard InChI is InChI=1S/C18H31N3O3/c1-18(2,3)24-17(23)21-14-6-7-15(21)11-13(10-14)19-12-16(22)20-8-4-5-9-20/h13-15,19H,4-12H2,1-3H3. The molecule has 0 radical (unpaired) electrons. The van der Waals surface area contributed by atoms with Gasteiger partial charge in [0.15, 0.2) is 0 Å². The van der Waals surface area contributed by atoms with E-state index in [1.807, 2.05) is 30.6 Å². The van der Waals surface area contributed by atoms with Crippen LogP contribution in [-0.2, 0) is 9.53 Å². The van der Waals surface area contributed by atoms with Crippen LogP contribution in [0.4, 0.5) is 4.79 Å². The molecule has 6 nitrogen and oxygen atoms in total. The lowest BCUT2D eigenvalue weighted by atomic mass is 9.97. The molecule has 1 N–H and O–H groups in total. The van der Waals surface area contributed by atoms with Crippen LogP contribution < -0.4 is 5.32 Å². The van der Waals surface area contributed by atoms with E-state index in [0.29, 0.717) is 12.6 Å². The lowest BCUT2D eigenvalue weighted by Gasteiger charge is -2.39. The lowest BCUT2D eigenvalue weighted by Crippen LogP contribution is -2.53. The Bertz CT molecular complexity index is 468. The summed E-state index contributed by atoms with van der Waals surface area (Å²) in [5.41, 5.74) is -0.451. The van der Waals surface area contributed by atoms with Crippen LogP contribution in [0.15, 0.2) is 0 Å². The quantitative estimate of drug-likeness (QED) is 0.857. The highest BCUT2D eigenvalue weighted by molar-refractivity contribution is 5.78. The van der Waals surface area contributed by atoms with Gasteiger partial charge >= 0.3 is 6.09 Å². The SMILES string of the molecule is CC(C)(C)OC(=O)N1C2CCC1CC(NCC(=O)N1CCCC1)C2. The van der Waals surface area contributed by atoms with Crippen molar-refractivity contribution in [2.24, 2.45) is 0 Å². The maximum atomic E-state index is 12.4. The number of rotatable bonds is 3. The Hall–Kier alpha value is -1.30. The Labute approximate surface area is 144 Å². The Balaban J connectivity index is 1.49. The summed E-state index contributed by atoms with van der Waals surface area (Å²) >= 11 is 0. The second kappa shape index (κ2) is 6.90. The minimum absolute atomic E-state index is 0.179. The van der Waals surface area contributed by atoms with Crippen LogP contribution in [0, 0.1) is 0 Å². The van der Waals surface area contributed by atoms with Crippen molar-refractivity contribution in [1.82, 2.24) is 15.1 Å². The Morgan fingerprint density at radius 3 is 2.21 bits per heavy atom. The van der Waals surface area contributed by atoms with Crippen molar-refractivity contribution in [1.29, 1.82) is 0 Å². The topological polar surface area (TPSA) is 61.9 Å². The highest BCUT2D eigenvalue weighted by Gasteiger charge is 2.44. The van der Waals surface area contributed by atoms with Crippen LogP contribution in [-0.4, -0.2) is 65.2 Å². The van der Waals surface area contributed by atoms with Gasteiger partial charge in [0.1, 0.15) is 5.60 Å². The second-order valence-electron chi connectivity index (χ2n) is 8.41. The van der Waals surface area contributed by atoms with Gasteiger partial charge in [-0.2, -0.15) is 0 Å². The lowest BCUT2D eigenvalue weighted by molar-refractivity contribution is -0.129. The van der Waals surface area contributed by atoms with Gasteiger partial charge in [0.05, 0.1) is 6.54 Å². The number of piperidine rings is 1. The summed E-state index contributed by atoms with van der Waals surface area (Å²) < 4.78 is 5.56. The van der Waals surface area contributed by atoms with Gasteiger partial charge in [0.25, 0.3) is 0 Å². The third-order valence-electron chi connectivity index (χ3n) is 5.34. The zero-order valence-electron chi connectivity index (χ0n) is 15.2. The average molecular weight is 337 g/mol. The molecule has 0 aromatic carbocycles. The maximum Gasteiger partial charge on any atom is 0.410 e. The first-order valence-corrected chi connectivity index (χ1v) is 9.36. The molecule has 0 aromatic rings. The van der Waals surface area contributed by atoms with Crippen molar-refractivity contribution in [3.8, 4) is 0 Å². The van der Waals surface area contributed by atoms with Gasteiger partial charge in [-0.1, -0.05) is 0 Å². The Morgan fingerprint density at radius 2 is 1.67 bits per heavy atom. The number of carbonyl (C=O) groups excluding carboxylic acids is 2. The molecule has 3 fully saturated rings. The molecule has 0 saturated carbocycles. The number of nitrogens with zero attached hydrogens (tertiary/aromatic N) is 2. The van der Waals surface area contributed by atoms with E-state index in [4.69, 9.17) is 4.74 Å². The highest BCUT2D eigenvalue weighted by Crippen LogP contribution is 2.36. The van der Waals surface area contributed by atoms with E-state index in [-0.39, 0.29) is 24.1 Å². The van der Waals surface area contributed by atoms with Crippen LogP contribution >= 0.6 is 0 Å². The molecule has 3 aliphatic heterocycles. The maximum absolute atomic E-state index is 12.4. The summed E-state index contributed by atoms with van der Waals surface area (Å²) in [4.78, 5) is 28.5. The van der Waals surface area contributed by atoms with Gasteiger partial charge in [0, 0.05) is 31.2 Å². The number of nitrogens with one attached hydrogen (secondary N) is 1. The van der Waals surface area contributed by atoms with Gasteiger partial charge in [-0.3, -0.25) is 4.79 Å².